The Labute approximate surface area is 140 Å². The van der Waals surface area contributed by atoms with Crippen LogP contribution in [0.25, 0.3) is 0 Å². The van der Waals surface area contributed by atoms with Crippen LogP contribution in [0, 0.1) is 0 Å². The maximum Gasteiger partial charge on any atom is 0.405 e. The Morgan fingerprint density at radius 2 is 1.08 bits per heavy atom. The highest BCUT2D eigenvalue weighted by Gasteiger charge is 2.29. The van der Waals surface area contributed by atoms with Gasteiger partial charge in [-0.3, -0.25) is 19.4 Å². The number of nitrogens with zero attached hydrogens (tertiary/aromatic N) is 2. The predicted molar refractivity (Wildman–Crippen MR) is 75.6 cm³/mol. The summed E-state index contributed by atoms with van der Waals surface area (Å²) >= 11 is 0. The molecule has 146 valence electrons. The summed E-state index contributed by atoms with van der Waals surface area (Å²) in [6.45, 7) is -1.66. The number of halogens is 6. The summed E-state index contributed by atoms with van der Waals surface area (Å²) in [6.07, 6.45) is -8.41. The van der Waals surface area contributed by atoms with Gasteiger partial charge in [0, 0.05) is 13.1 Å². The van der Waals surface area contributed by atoms with Crippen LogP contribution in [0.15, 0.2) is 0 Å². The molecule has 0 atom stereocenters. The largest absolute Gasteiger partial charge is 0.405 e. The van der Waals surface area contributed by atoms with E-state index in [0.29, 0.717) is 32.6 Å². The molecule has 0 radical (unpaired) electrons. The van der Waals surface area contributed by atoms with Gasteiger partial charge in [0.05, 0.1) is 13.1 Å². The lowest BCUT2D eigenvalue weighted by Crippen LogP contribution is -2.43. The summed E-state index contributed by atoms with van der Waals surface area (Å²) in [7, 11) is 0. The molecule has 0 aromatic heterocycles. The van der Waals surface area contributed by atoms with Crippen molar-refractivity contribution in [2.24, 2.45) is 0 Å². The highest BCUT2D eigenvalue weighted by Crippen LogP contribution is 2.13. The van der Waals surface area contributed by atoms with E-state index in [-0.39, 0.29) is 13.1 Å². The third kappa shape index (κ3) is 10.8. The zero-order chi connectivity index (χ0) is 19.1. The van der Waals surface area contributed by atoms with Crippen LogP contribution in [0.5, 0.6) is 0 Å². The van der Waals surface area contributed by atoms with Gasteiger partial charge in [0.15, 0.2) is 0 Å². The molecule has 25 heavy (non-hydrogen) atoms. The lowest BCUT2D eigenvalue weighted by Gasteiger charge is -2.21. The van der Waals surface area contributed by atoms with Crippen LogP contribution in [-0.2, 0) is 9.59 Å². The van der Waals surface area contributed by atoms with Crippen LogP contribution >= 0.6 is 0 Å². The van der Waals surface area contributed by atoms with Gasteiger partial charge < -0.3 is 10.6 Å². The monoisotopic (exact) mass is 378 g/mol. The smallest absolute Gasteiger partial charge is 0.346 e. The van der Waals surface area contributed by atoms with Crippen LogP contribution in [0.3, 0.4) is 0 Å². The predicted octanol–water partition coefficient (Wildman–Crippen LogP) is 0.351. The van der Waals surface area contributed by atoms with Gasteiger partial charge in [-0.1, -0.05) is 0 Å². The van der Waals surface area contributed by atoms with Gasteiger partial charge in [-0.2, -0.15) is 26.3 Å². The minimum atomic E-state index is -4.48. The molecule has 1 fully saturated rings. The molecule has 1 aliphatic heterocycles. The van der Waals surface area contributed by atoms with Crippen molar-refractivity contribution < 1.29 is 35.9 Å². The number of hydrogen-bond acceptors (Lipinski definition) is 4. The van der Waals surface area contributed by atoms with E-state index in [1.54, 1.807) is 20.4 Å². The molecule has 0 aromatic rings. The van der Waals surface area contributed by atoms with Crippen LogP contribution in [0.4, 0.5) is 26.3 Å². The maximum atomic E-state index is 12.0. The molecule has 1 rings (SSSR count). The molecule has 0 unspecified atom stereocenters. The van der Waals surface area contributed by atoms with Crippen molar-refractivity contribution in [3.05, 3.63) is 0 Å². The van der Waals surface area contributed by atoms with Gasteiger partial charge in [-0.25, -0.2) is 0 Å². The third-order valence-electron chi connectivity index (χ3n) is 3.39. The fraction of sp³-hybridized carbons (Fsp3) is 0.846. The number of rotatable bonds is 6. The highest BCUT2D eigenvalue weighted by molar-refractivity contribution is 5.78. The molecular weight excluding hydrogens is 358 g/mol. The second-order valence-electron chi connectivity index (χ2n) is 5.69. The first-order chi connectivity index (χ1) is 11.4. The van der Waals surface area contributed by atoms with Crippen molar-refractivity contribution in [2.75, 3.05) is 52.4 Å². The van der Waals surface area contributed by atoms with Gasteiger partial charge in [0.25, 0.3) is 0 Å². The van der Waals surface area contributed by atoms with E-state index >= 15 is 0 Å². The number of carbonyl (C=O) groups excluding carboxylic acids is 2. The van der Waals surface area contributed by atoms with E-state index in [9.17, 15) is 35.9 Å². The van der Waals surface area contributed by atoms with Crippen molar-refractivity contribution in [2.45, 2.75) is 18.8 Å². The zero-order valence-electron chi connectivity index (χ0n) is 13.3. The van der Waals surface area contributed by atoms with E-state index in [0.717, 1.165) is 0 Å². The van der Waals surface area contributed by atoms with E-state index in [1.807, 2.05) is 0 Å². The summed E-state index contributed by atoms with van der Waals surface area (Å²) < 4.78 is 72.2. The number of carbonyl (C=O) groups is 2. The number of hydrogen-bond donors (Lipinski definition) is 2. The zero-order valence-corrected chi connectivity index (χ0v) is 13.3. The fourth-order valence-corrected chi connectivity index (χ4v) is 2.26. The highest BCUT2D eigenvalue weighted by atomic mass is 19.4. The Morgan fingerprint density at radius 3 is 1.40 bits per heavy atom. The third-order valence-corrected chi connectivity index (χ3v) is 3.39. The van der Waals surface area contributed by atoms with Crippen molar-refractivity contribution in [1.29, 1.82) is 0 Å². The molecular formula is C13H20F6N4O2. The molecule has 1 aliphatic rings. The van der Waals surface area contributed by atoms with Gasteiger partial charge in [-0.05, 0) is 19.5 Å². The molecule has 1 saturated heterocycles. The Kier molecular flexibility index (Phi) is 7.93. The van der Waals surface area contributed by atoms with Crippen LogP contribution in [0.1, 0.15) is 6.42 Å². The molecule has 1 heterocycles. The van der Waals surface area contributed by atoms with Crippen LogP contribution in [-0.4, -0.2) is 86.3 Å². The average molecular weight is 378 g/mol. The van der Waals surface area contributed by atoms with Gasteiger partial charge in [-0.15, -0.1) is 0 Å². The van der Waals surface area contributed by atoms with Gasteiger partial charge in [0.1, 0.15) is 13.1 Å². The summed E-state index contributed by atoms with van der Waals surface area (Å²) in [5.74, 6) is -1.51. The lowest BCUT2D eigenvalue weighted by molar-refractivity contribution is -0.139. The number of amides is 2. The molecule has 6 nitrogen and oxygen atoms in total. The quantitative estimate of drug-likeness (QED) is 0.655. The molecule has 0 bridgehead atoms. The number of nitrogens with one attached hydrogen (secondary N) is 2. The lowest BCUT2D eigenvalue weighted by atomic mass is 10.3. The second kappa shape index (κ2) is 9.22. The molecule has 0 spiro atoms. The van der Waals surface area contributed by atoms with Crippen LogP contribution in [0.2, 0.25) is 0 Å². The van der Waals surface area contributed by atoms with E-state index < -0.39 is 37.3 Å². The van der Waals surface area contributed by atoms with E-state index in [4.69, 9.17) is 0 Å². The summed E-state index contributed by atoms with van der Waals surface area (Å²) in [5.41, 5.74) is 0. The van der Waals surface area contributed by atoms with E-state index in [1.165, 1.54) is 0 Å². The average Bonchev–Trinajstić information content (AvgIpc) is 2.67. The normalized spacial score (nSPS) is 17.8. The standard InChI is InChI=1S/C13H20F6N4O2/c14-12(15,16)8-20-10(24)6-22-2-1-3-23(5-4-22)7-11(25)21-9-13(17,18)19/h1-9H2,(H,20,24)(H,21,25). The second-order valence-corrected chi connectivity index (χ2v) is 5.69. The molecule has 2 N–H and O–H groups in total. The minimum absolute atomic E-state index is 0.204. The van der Waals surface area contributed by atoms with Crippen molar-refractivity contribution in [1.82, 2.24) is 20.4 Å². The molecule has 0 aromatic carbocycles. The first kappa shape index (κ1) is 21.5. The minimum Gasteiger partial charge on any atom is -0.346 e. The summed E-state index contributed by atoms with van der Waals surface area (Å²) in [5, 5.41) is 3.55. The Hall–Kier alpha value is -1.56. The Morgan fingerprint density at radius 1 is 0.720 bits per heavy atom. The maximum absolute atomic E-state index is 12.0. The van der Waals surface area contributed by atoms with Crippen molar-refractivity contribution >= 4 is 11.8 Å². The van der Waals surface area contributed by atoms with Gasteiger partial charge in [0.2, 0.25) is 11.8 Å². The summed E-state index contributed by atoms with van der Waals surface area (Å²) in [6, 6.07) is 0. The molecule has 0 saturated carbocycles. The Bertz CT molecular complexity index is 415. The number of alkyl halides is 6. The molecule has 12 heteroatoms. The summed E-state index contributed by atoms with van der Waals surface area (Å²) in [4.78, 5) is 26.2. The van der Waals surface area contributed by atoms with E-state index in [2.05, 4.69) is 0 Å². The van der Waals surface area contributed by atoms with Gasteiger partial charge >= 0.3 is 12.4 Å². The fourth-order valence-electron chi connectivity index (χ4n) is 2.26. The molecule has 2 amide bonds. The Balaban J connectivity index is 2.31. The SMILES string of the molecule is O=C(CN1CCCN(CC(=O)NCC(F)(F)F)CC1)NCC(F)(F)F. The van der Waals surface area contributed by atoms with Crippen molar-refractivity contribution in [3.8, 4) is 0 Å². The first-order valence-electron chi connectivity index (χ1n) is 7.56. The molecule has 0 aliphatic carbocycles. The first-order valence-corrected chi connectivity index (χ1v) is 7.56. The van der Waals surface area contributed by atoms with Crippen molar-refractivity contribution in [3.63, 3.8) is 0 Å². The topological polar surface area (TPSA) is 64.7 Å². The van der Waals surface area contributed by atoms with Crippen LogP contribution < -0.4 is 10.6 Å².